The average Bonchev–Trinajstić information content (AvgIpc) is 2.75. The molecule has 0 aliphatic rings. The maximum Gasteiger partial charge on any atom is 1.00 e. The SMILES string of the molecule is O=P([O-])([O-])C(CCCCCCCCCCCCCCCCCCCCC(=NO)P(=O)(O)O)=NO.[Na+].[Na+]. The van der Waals surface area contributed by atoms with Crippen molar-refractivity contribution in [3.8, 4) is 0 Å². The molecule has 0 saturated heterocycles. The van der Waals surface area contributed by atoms with Gasteiger partial charge < -0.3 is 34.6 Å². The molecule has 202 valence electrons. The van der Waals surface area contributed by atoms with Crippen LogP contribution < -0.4 is 68.9 Å². The molecule has 10 nitrogen and oxygen atoms in total. The van der Waals surface area contributed by atoms with E-state index in [-0.39, 0.29) is 72.0 Å². The number of oxime groups is 2. The van der Waals surface area contributed by atoms with E-state index in [2.05, 4.69) is 10.3 Å². The molecule has 0 bridgehead atoms. The van der Waals surface area contributed by atoms with Crippen LogP contribution in [0.4, 0.5) is 0 Å². The Labute approximate surface area is 261 Å². The van der Waals surface area contributed by atoms with Crippen LogP contribution in [0.3, 0.4) is 0 Å². The van der Waals surface area contributed by atoms with E-state index in [9.17, 15) is 18.9 Å². The Hall–Kier alpha value is 1.24. The topological polar surface area (TPSA) is 186 Å². The summed E-state index contributed by atoms with van der Waals surface area (Å²) in [7, 11) is -9.32. The Kier molecular flexibility index (Phi) is 30.7. The van der Waals surface area contributed by atoms with Crippen molar-refractivity contribution in [2.45, 2.75) is 128 Å². The van der Waals surface area contributed by atoms with Crippen molar-refractivity contribution >= 4 is 26.1 Å². The maximum atomic E-state index is 11.0. The minimum absolute atomic E-state index is 0. The zero-order chi connectivity index (χ0) is 25.7. The van der Waals surface area contributed by atoms with E-state index in [1.165, 1.54) is 57.8 Å². The first-order chi connectivity index (χ1) is 16.1. The standard InChI is InChI=1S/C22H46N2O8P2.2Na/c25-23-21(33(27,28)29)19-17-15-13-11-9-7-5-3-1-2-4-6-8-10-12-14-16-18-20-22(24-26)34(30,31)32;;/h25-26H,1-20H2,(H2,27,28,29)(H2,30,31,32);;/q;2*+1/p-2. The Morgan fingerprint density at radius 1 is 0.500 bits per heavy atom. The van der Waals surface area contributed by atoms with Gasteiger partial charge >= 0.3 is 66.7 Å². The van der Waals surface area contributed by atoms with Crippen molar-refractivity contribution in [3.05, 3.63) is 0 Å². The molecule has 0 aromatic carbocycles. The number of rotatable bonds is 23. The summed E-state index contributed by atoms with van der Waals surface area (Å²) in [6, 6.07) is 0. The van der Waals surface area contributed by atoms with Gasteiger partial charge in [0.1, 0.15) is 0 Å². The van der Waals surface area contributed by atoms with Gasteiger partial charge in [0.05, 0.1) is 5.45 Å². The summed E-state index contributed by atoms with van der Waals surface area (Å²) >= 11 is 0. The van der Waals surface area contributed by atoms with Crippen LogP contribution in [0.25, 0.3) is 0 Å². The average molecular weight is 573 g/mol. The third-order valence-electron chi connectivity index (χ3n) is 5.93. The molecule has 0 aliphatic heterocycles. The van der Waals surface area contributed by atoms with Crippen LogP contribution in [0.2, 0.25) is 0 Å². The number of nitrogens with zero attached hydrogens (tertiary/aromatic N) is 2. The first-order valence-corrected chi connectivity index (χ1v) is 15.8. The first kappa shape index (κ1) is 41.7. The van der Waals surface area contributed by atoms with Gasteiger partial charge in [0.2, 0.25) is 0 Å². The van der Waals surface area contributed by atoms with Crippen molar-refractivity contribution in [1.29, 1.82) is 0 Å². The predicted molar refractivity (Wildman–Crippen MR) is 130 cm³/mol. The molecule has 0 unspecified atom stereocenters. The summed E-state index contributed by atoms with van der Waals surface area (Å²) in [6.07, 6.45) is 19.6. The van der Waals surface area contributed by atoms with Gasteiger partial charge in [-0.2, -0.15) is 0 Å². The molecule has 36 heavy (non-hydrogen) atoms. The van der Waals surface area contributed by atoms with E-state index >= 15 is 0 Å². The molecule has 0 spiro atoms. The minimum Gasteiger partial charge on any atom is -0.806 e. The summed E-state index contributed by atoms with van der Waals surface area (Å²) in [5, 5.41) is 22.5. The monoisotopic (exact) mass is 572 g/mol. The van der Waals surface area contributed by atoms with Gasteiger partial charge in [0, 0.05) is 6.42 Å². The molecule has 0 aromatic rings. The summed E-state index contributed by atoms with van der Waals surface area (Å²) in [4.78, 5) is 39.5. The van der Waals surface area contributed by atoms with Crippen LogP contribution in [0.1, 0.15) is 128 Å². The van der Waals surface area contributed by atoms with E-state index < -0.39 is 26.1 Å². The van der Waals surface area contributed by atoms with Crippen LogP contribution in [0, 0.1) is 0 Å². The van der Waals surface area contributed by atoms with Gasteiger partial charge in [-0.25, -0.2) is 0 Å². The molecule has 14 heteroatoms. The second-order valence-electron chi connectivity index (χ2n) is 8.94. The fourth-order valence-electron chi connectivity index (χ4n) is 3.89. The predicted octanol–water partition coefficient (Wildman–Crippen LogP) is -0.537. The molecule has 0 rings (SSSR count). The van der Waals surface area contributed by atoms with Crippen molar-refractivity contribution in [2.75, 3.05) is 0 Å². The summed E-state index contributed by atoms with van der Waals surface area (Å²) < 4.78 is 21.8. The van der Waals surface area contributed by atoms with Crippen LogP contribution in [-0.2, 0) is 9.13 Å². The molecule has 0 fully saturated rings. The minimum atomic E-state index is -4.91. The fraction of sp³-hybridized carbons (Fsp3) is 0.909. The summed E-state index contributed by atoms with van der Waals surface area (Å²) in [5.74, 6) is 0. The van der Waals surface area contributed by atoms with Crippen LogP contribution in [0.5, 0.6) is 0 Å². The Morgan fingerprint density at radius 2 is 0.722 bits per heavy atom. The van der Waals surface area contributed by atoms with Crippen molar-refractivity contribution in [3.63, 3.8) is 0 Å². The molecular formula is C22H44N2Na2O8P2. The molecule has 0 heterocycles. The molecule has 0 saturated carbocycles. The third-order valence-corrected chi connectivity index (χ3v) is 7.86. The molecule has 0 aliphatic carbocycles. The Balaban J connectivity index is -0.00000544. The summed E-state index contributed by atoms with van der Waals surface area (Å²) in [5.41, 5.74) is -1.07. The van der Waals surface area contributed by atoms with Crippen LogP contribution >= 0.6 is 15.2 Å². The van der Waals surface area contributed by atoms with E-state index in [0.717, 1.165) is 44.9 Å². The van der Waals surface area contributed by atoms with E-state index in [0.29, 0.717) is 12.8 Å². The van der Waals surface area contributed by atoms with Crippen molar-refractivity contribution in [1.82, 2.24) is 0 Å². The van der Waals surface area contributed by atoms with Gasteiger partial charge in [-0.05, 0) is 26.9 Å². The van der Waals surface area contributed by atoms with Crippen LogP contribution in [0.15, 0.2) is 10.3 Å². The zero-order valence-corrected chi connectivity index (χ0v) is 28.1. The maximum absolute atomic E-state index is 11.0. The molecule has 0 aromatic heterocycles. The van der Waals surface area contributed by atoms with Gasteiger partial charge in [-0.3, -0.25) is 4.57 Å². The Bertz CT molecular complexity index is 616. The van der Waals surface area contributed by atoms with Gasteiger partial charge in [-0.1, -0.05) is 113 Å². The molecule has 0 atom stereocenters. The van der Waals surface area contributed by atoms with Crippen molar-refractivity contribution < 1.29 is 98.2 Å². The normalized spacial score (nSPS) is 12.8. The molecular weight excluding hydrogens is 528 g/mol. The largest absolute Gasteiger partial charge is 1.00 e. The van der Waals surface area contributed by atoms with Crippen molar-refractivity contribution in [2.24, 2.45) is 10.3 Å². The van der Waals surface area contributed by atoms with E-state index in [4.69, 9.17) is 20.2 Å². The van der Waals surface area contributed by atoms with E-state index in [1.807, 2.05) is 0 Å². The smallest absolute Gasteiger partial charge is 0.806 e. The van der Waals surface area contributed by atoms with Gasteiger partial charge in [0.25, 0.3) is 0 Å². The van der Waals surface area contributed by atoms with Gasteiger partial charge in [0.15, 0.2) is 5.45 Å². The first-order valence-electron chi connectivity index (χ1n) is 12.6. The number of hydrogen-bond donors (Lipinski definition) is 4. The quantitative estimate of drug-likeness (QED) is 0.0314. The van der Waals surface area contributed by atoms with Gasteiger partial charge in [-0.15, -0.1) is 0 Å². The van der Waals surface area contributed by atoms with E-state index in [1.54, 1.807) is 0 Å². The van der Waals surface area contributed by atoms with Crippen LogP contribution in [-0.4, -0.2) is 31.1 Å². The zero-order valence-electron chi connectivity index (χ0n) is 22.4. The Morgan fingerprint density at radius 3 is 0.917 bits per heavy atom. The second kappa shape index (κ2) is 26.5. The number of unbranched alkanes of at least 4 members (excludes halogenated alkanes) is 17. The molecule has 4 N–H and O–H groups in total. The fourth-order valence-corrected chi connectivity index (χ4v) is 5.00. The molecule has 0 amide bonds. The summed E-state index contributed by atoms with van der Waals surface area (Å²) in [6.45, 7) is 0. The second-order valence-corrected chi connectivity index (χ2v) is 12.1. The third kappa shape index (κ3) is 25.5. The number of hydrogen-bond acceptors (Lipinski definition) is 8. The molecule has 0 radical (unpaired) electrons.